The normalized spacial score (nSPS) is 19.2. The molecule has 1 amide bonds. The monoisotopic (exact) mass is 432 g/mol. The first-order valence-corrected chi connectivity index (χ1v) is 11.5. The van der Waals surface area contributed by atoms with Crippen LogP contribution >= 0.6 is 11.8 Å². The average molecular weight is 433 g/mol. The summed E-state index contributed by atoms with van der Waals surface area (Å²) in [5.41, 5.74) is 1.02. The van der Waals surface area contributed by atoms with E-state index in [1.807, 2.05) is 6.07 Å². The predicted octanol–water partition coefficient (Wildman–Crippen LogP) is 2.67. The molecule has 2 aromatic heterocycles. The van der Waals surface area contributed by atoms with Gasteiger partial charge in [0.2, 0.25) is 0 Å². The number of carbonyl (C=O) groups is 1. The van der Waals surface area contributed by atoms with E-state index in [1.165, 1.54) is 11.8 Å². The number of morpholine rings is 1. The zero-order valence-electron chi connectivity index (χ0n) is 17.3. The molecule has 2 fully saturated rings. The van der Waals surface area contributed by atoms with Gasteiger partial charge in [0, 0.05) is 38.0 Å². The molecular formula is C21H28N4O4S. The van der Waals surface area contributed by atoms with Gasteiger partial charge in [-0.3, -0.25) is 4.79 Å². The molecule has 9 heteroatoms. The van der Waals surface area contributed by atoms with Crippen molar-refractivity contribution >= 4 is 23.5 Å². The number of hydrogen-bond donors (Lipinski definition) is 1. The highest BCUT2D eigenvalue weighted by Gasteiger charge is 2.19. The molecule has 4 rings (SSSR count). The largest absolute Gasteiger partial charge is 0.455 e. The van der Waals surface area contributed by atoms with E-state index in [0.717, 1.165) is 74.6 Å². The van der Waals surface area contributed by atoms with E-state index in [2.05, 4.69) is 28.2 Å². The molecule has 30 heavy (non-hydrogen) atoms. The summed E-state index contributed by atoms with van der Waals surface area (Å²) < 4.78 is 16.7. The maximum Gasteiger partial charge on any atom is 0.287 e. The molecule has 0 unspecified atom stereocenters. The Bertz CT molecular complexity index is 847. The van der Waals surface area contributed by atoms with Gasteiger partial charge >= 0.3 is 0 Å². The smallest absolute Gasteiger partial charge is 0.287 e. The fourth-order valence-electron chi connectivity index (χ4n) is 3.47. The summed E-state index contributed by atoms with van der Waals surface area (Å²) in [6.07, 6.45) is 3.01. The van der Waals surface area contributed by atoms with Crippen molar-refractivity contribution < 1.29 is 18.7 Å². The number of rotatable bonds is 8. The SMILES string of the molecule is CCc1cc(N2CCOCC2)nc(SCc2ccc(C(=O)NC[C@@H]3CCCO3)o2)n1. The third-order valence-corrected chi connectivity index (χ3v) is 6.06. The molecule has 1 atom stereocenters. The van der Waals surface area contributed by atoms with E-state index < -0.39 is 0 Å². The van der Waals surface area contributed by atoms with Crippen molar-refractivity contribution in [1.82, 2.24) is 15.3 Å². The van der Waals surface area contributed by atoms with Gasteiger partial charge in [-0.05, 0) is 31.4 Å². The number of amides is 1. The number of thioether (sulfide) groups is 1. The zero-order valence-corrected chi connectivity index (χ0v) is 18.1. The Morgan fingerprint density at radius 2 is 2.13 bits per heavy atom. The van der Waals surface area contributed by atoms with Gasteiger partial charge in [-0.25, -0.2) is 9.97 Å². The summed E-state index contributed by atoms with van der Waals surface area (Å²) in [6.45, 7) is 6.51. The molecular weight excluding hydrogens is 404 g/mol. The minimum Gasteiger partial charge on any atom is -0.455 e. The van der Waals surface area contributed by atoms with Gasteiger partial charge in [0.05, 0.1) is 25.1 Å². The molecule has 2 aromatic rings. The lowest BCUT2D eigenvalue weighted by Crippen LogP contribution is -2.37. The molecule has 0 bridgehead atoms. The van der Waals surface area contributed by atoms with Crippen LogP contribution in [0.2, 0.25) is 0 Å². The second-order valence-corrected chi connectivity index (χ2v) is 8.30. The topological polar surface area (TPSA) is 89.7 Å². The number of nitrogens with one attached hydrogen (secondary N) is 1. The molecule has 2 aliphatic rings. The number of aromatic nitrogens is 2. The highest BCUT2D eigenvalue weighted by molar-refractivity contribution is 7.98. The van der Waals surface area contributed by atoms with Gasteiger partial charge in [0.25, 0.3) is 5.91 Å². The van der Waals surface area contributed by atoms with Crippen LogP contribution in [0.5, 0.6) is 0 Å². The summed E-state index contributed by atoms with van der Waals surface area (Å²) in [5, 5.41) is 3.60. The summed E-state index contributed by atoms with van der Waals surface area (Å²) in [4.78, 5) is 23.9. The Balaban J connectivity index is 1.34. The van der Waals surface area contributed by atoms with Crippen LogP contribution in [0.25, 0.3) is 0 Å². The van der Waals surface area contributed by atoms with Gasteiger partial charge in [-0.2, -0.15) is 0 Å². The highest BCUT2D eigenvalue weighted by Crippen LogP contribution is 2.24. The Morgan fingerprint density at radius 3 is 2.90 bits per heavy atom. The minimum atomic E-state index is -0.208. The van der Waals surface area contributed by atoms with Crippen molar-refractivity contribution in [2.75, 3.05) is 44.4 Å². The second kappa shape index (κ2) is 10.3. The molecule has 2 saturated heterocycles. The number of hydrogen-bond acceptors (Lipinski definition) is 8. The van der Waals surface area contributed by atoms with Crippen LogP contribution in [0.3, 0.4) is 0 Å². The van der Waals surface area contributed by atoms with Crippen molar-refractivity contribution in [2.24, 2.45) is 0 Å². The van der Waals surface area contributed by atoms with Crippen molar-refractivity contribution in [3.63, 3.8) is 0 Å². The average Bonchev–Trinajstić information content (AvgIpc) is 3.48. The Morgan fingerprint density at radius 1 is 1.27 bits per heavy atom. The molecule has 0 aliphatic carbocycles. The number of furan rings is 1. The molecule has 162 valence electrons. The van der Waals surface area contributed by atoms with Gasteiger partial charge in [-0.15, -0.1) is 0 Å². The van der Waals surface area contributed by atoms with E-state index in [-0.39, 0.29) is 12.0 Å². The quantitative estimate of drug-likeness (QED) is 0.503. The molecule has 0 saturated carbocycles. The van der Waals surface area contributed by atoms with Crippen LogP contribution in [0, 0.1) is 0 Å². The number of ether oxygens (including phenoxy) is 2. The first-order chi connectivity index (χ1) is 14.7. The zero-order chi connectivity index (χ0) is 20.8. The Hall–Kier alpha value is -2.10. The van der Waals surface area contributed by atoms with E-state index in [1.54, 1.807) is 6.07 Å². The standard InChI is InChI=1S/C21H28N4O4S/c1-2-15-12-19(25-7-10-27-11-8-25)24-21(23-15)30-14-17-5-6-18(29-17)20(26)22-13-16-4-3-9-28-16/h5-6,12,16H,2-4,7-11,13-14H2,1H3,(H,22,26)/t16-/m0/s1. The van der Waals surface area contributed by atoms with Crippen LogP contribution in [-0.4, -0.2) is 61.4 Å². The van der Waals surface area contributed by atoms with Gasteiger partial charge in [0.15, 0.2) is 10.9 Å². The van der Waals surface area contributed by atoms with Crippen molar-refractivity contribution in [2.45, 2.75) is 43.2 Å². The lowest BCUT2D eigenvalue weighted by atomic mass is 10.2. The second-order valence-electron chi connectivity index (χ2n) is 7.35. The lowest BCUT2D eigenvalue weighted by Gasteiger charge is -2.28. The van der Waals surface area contributed by atoms with Crippen LogP contribution in [0.4, 0.5) is 5.82 Å². The molecule has 4 heterocycles. The summed E-state index contributed by atoms with van der Waals surface area (Å²) in [5.74, 6) is 2.35. The summed E-state index contributed by atoms with van der Waals surface area (Å²) >= 11 is 1.51. The van der Waals surface area contributed by atoms with Crippen molar-refractivity contribution in [3.05, 3.63) is 35.4 Å². The molecule has 2 aliphatic heterocycles. The highest BCUT2D eigenvalue weighted by atomic mass is 32.2. The number of nitrogens with zero attached hydrogens (tertiary/aromatic N) is 3. The van der Waals surface area contributed by atoms with E-state index in [9.17, 15) is 4.79 Å². The first kappa shape index (κ1) is 21.1. The first-order valence-electron chi connectivity index (χ1n) is 10.5. The van der Waals surface area contributed by atoms with Gasteiger partial charge < -0.3 is 24.1 Å². The van der Waals surface area contributed by atoms with E-state index in [0.29, 0.717) is 18.1 Å². The molecule has 0 aromatic carbocycles. The number of carbonyl (C=O) groups excluding carboxylic acids is 1. The molecule has 1 N–H and O–H groups in total. The van der Waals surface area contributed by atoms with Crippen molar-refractivity contribution in [1.29, 1.82) is 0 Å². The van der Waals surface area contributed by atoms with Crippen LogP contribution in [0.15, 0.2) is 27.8 Å². The molecule has 0 spiro atoms. The number of anilines is 1. The van der Waals surface area contributed by atoms with E-state index >= 15 is 0 Å². The Labute approximate surface area is 180 Å². The maximum atomic E-state index is 12.3. The third-order valence-electron chi connectivity index (χ3n) is 5.19. The van der Waals surface area contributed by atoms with Crippen LogP contribution in [0.1, 0.15) is 41.8 Å². The lowest BCUT2D eigenvalue weighted by molar-refractivity contribution is 0.0834. The third kappa shape index (κ3) is 5.53. The molecule has 8 nitrogen and oxygen atoms in total. The van der Waals surface area contributed by atoms with Crippen LogP contribution in [-0.2, 0) is 21.6 Å². The fraction of sp³-hybridized carbons (Fsp3) is 0.571. The van der Waals surface area contributed by atoms with Gasteiger partial charge in [-0.1, -0.05) is 18.7 Å². The predicted molar refractivity (Wildman–Crippen MR) is 114 cm³/mol. The maximum absolute atomic E-state index is 12.3. The van der Waals surface area contributed by atoms with E-state index in [4.69, 9.17) is 18.9 Å². The van der Waals surface area contributed by atoms with Gasteiger partial charge in [0.1, 0.15) is 11.6 Å². The Kier molecular flexibility index (Phi) is 7.24. The molecule has 0 radical (unpaired) electrons. The fourth-order valence-corrected chi connectivity index (χ4v) is 4.24. The minimum absolute atomic E-state index is 0.114. The summed E-state index contributed by atoms with van der Waals surface area (Å²) in [7, 11) is 0. The van der Waals surface area contributed by atoms with Crippen molar-refractivity contribution in [3.8, 4) is 0 Å². The van der Waals surface area contributed by atoms with Crippen LogP contribution < -0.4 is 10.2 Å². The number of aryl methyl sites for hydroxylation is 1. The summed E-state index contributed by atoms with van der Waals surface area (Å²) in [6, 6.07) is 5.60.